The maximum Gasteiger partial charge on any atom is 0.0305 e. The fourth-order valence-corrected chi connectivity index (χ4v) is 4.01. The van der Waals surface area contributed by atoms with Gasteiger partial charge in [-0.3, -0.25) is 0 Å². The minimum Gasteiger partial charge on any atom is -0.349 e. The molecule has 2 nitrogen and oxygen atoms in total. The lowest BCUT2D eigenvalue weighted by Gasteiger charge is -2.14. The highest BCUT2D eigenvalue weighted by atomic mass is 32.1. The normalized spacial score (nSPS) is 12.9. The minimum atomic E-state index is 0.407. The van der Waals surface area contributed by atoms with Crippen LogP contribution in [0, 0.1) is 27.7 Å². The number of hydrogen-bond donors (Lipinski definition) is 1. The molecule has 0 aromatic carbocycles. The van der Waals surface area contributed by atoms with E-state index in [0.29, 0.717) is 6.04 Å². The van der Waals surface area contributed by atoms with Gasteiger partial charge in [-0.2, -0.15) is 0 Å². The molecule has 0 bridgehead atoms. The van der Waals surface area contributed by atoms with E-state index in [9.17, 15) is 0 Å². The number of hydrogen-bond acceptors (Lipinski definition) is 2. The molecule has 0 saturated heterocycles. The first-order valence-electron chi connectivity index (χ1n) is 7.40. The van der Waals surface area contributed by atoms with E-state index in [4.69, 9.17) is 0 Å². The van der Waals surface area contributed by atoms with Crippen molar-refractivity contribution < 1.29 is 0 Å². The van der Waals surface area contributed by atoms with Gasteiger partial charge >= 0.3 is 0 Å². The largest absolute Gasteiger partial charge is 0.349 e. The predicted octanol–water partition coefficient (Wildman–Crippen LogP) is 4.65. The number of thiophene rings is 1. The number of nitrogens with zero attached hydrogens (tertiary/aromatic N) is 1. The third kappa shape index (κ3) is 2.99. The van der Waals surface area contributed by atoms with E-state index in [0.717, 1.165) is 13.1 Å². The molecule has 2 heterocycles. The van der Waals surface area contributed by atoms with Crippen LogP contribution in [0.3, 0.4) is 0 Å². The van der Waals surface area contributed by atoms with Crippen molar-refractivity contribution in [3.63, 3.8) is 0 Å². The van der Waals surface area contributed by atoms with E-state index in [2.05, 4.69) is 63.6 Å². The van der Waals surface area contributed by atoms with Crippen molar-refractivity contribution in [2.75, 3.05) is 0 Å². The second-order valence-electron chi connectivity index (χ2n) is 5.61. The van der Waals surface area contributed by atoms with Crippen molar-refractivity contribution in [1.29, 1.82) is 0 Å². The number of rotatable bonds is 5. The summed E-state index contributed by atoms with van der Waals surface area (Å²) in [6.07, 6.45) is 0. The van der Waals surface area contributed by atoms with Gasteiger partial charge < -0.3 is 9.88 Å². The van der Waals surface area contributed by atoms with Crippen LogP contribution in [-0.2, 0) is 13.1 Å². The van der Waals surface area contributed by atoms with E-state index < -0.39 is 0 Å². The summed E-state index contributed by atoms with van der Waals surface area (Å²) < 4.78 is 2.38. The lowest BCUT2D eigenvalue weighted by atomic mass is 10.1. The van der Waals surface area contributed by atoms with E-state index in [-0.39, 0.29) is 0 Å². The van der Waals surface area contributed by atoms with Gasteiger partial charge in [0.2, 0.25) is 0 Å². The second-order valence-corrected chi connectivity index (χ2v) is 7.07. The van der Waals surface area contributed by atoms with E-state index in [1.54, 1.807) is 0 Å². The molecule has 20 heavy (non-hydrogen) atoms. The molecule has 3 heteroatoms. The lowest BCUT2D eigenvalue weighted by Crippen LogP contribution is -2.18. The maximum absolute atomic E-state index is 3.67. The van der Waals surface area contributed by atoms with Crippen molar-refractivity contribution >= 4 is 11.3 Å². The average molecular weight is 290 g/mol. The van der Waals surface area contributed by atoms with Crippen LogP contribution >= 0.6 is 11.3 Å². The zero-order chi connectivity index (χ0) is 14.9. The Morgan fingerprint density at radius 3 is 2.40 bits per heavy atom. The SMILES string of the molecule is CCn1c(C)cc(CNC(C)c2cc(C)sc2C)c1C. The molecule has 0 spiro atoms. The van der Waals surface area contributed by atoms with Crippen molar-refractivity contribution in [3.05, 3.63) is 44.4 Å². The zero-order valence-corrected chi connectivity index (χ0v) is 14.3. The standard InChI is InChI=1S/C17H26N2S/c1-7-19-11(2)8-16(14(19)5)10-18-13(4)17-9-12(3)20-15(17)6/h8-9,13,18H,7,10H2,1-6H3. The van der Waals surface area contributed by atoms with Crippen LogP contribution < -0.4 is 5.32 Å². The molecule has 2 aromatic heterocycles. The number of nitrogens with one attached hydrogen (secondary N) is 1. The zero-order valence-electron chi connectivity index (χ0n) is 13.5. The number of aromatic nitrogens is 1. The van der Waals surface area contributed by atoms with Crippen molar-refractivity contribution in [2.45, 2.75) is 60.7 Å². The summed E-state index contributed by atoms with van der Waals surface area (Å²) in [5.74, 6) is 0. The molecule has 1 N–H and O–H groups in total. The molecule has 1 unspecified atom stereocenters. The Labute approximate surface area is 126 Å². The Balaban J connectivity index is 2.07. The van der Waals surface area contributed by atoms with Gasteiger partial charge in [-0.05, 0) is 64.8 Å². The van der Waals surface area contributed by atoms with Gasteiger partial charge in [0.15, 0.2) is 0 Å². The molecule has 0 aliphatic rings. The highest BCUT2D eigenvalue weighted by molar-refractivity contribution is 7.12. The maximum atomic E-state index is 3.67. The first-order chi connectivity index (χ1) is 9.43. The lowest BCUT2D eigenvalue weighted by molar-refractivity contribution is 0.571. The quantitative estimate of drug-likeness (QED) is 0.848. The van der Waals surface area contributed by atoms with Gasteiger partial charge in [0.05, 0.1) is 0 Å². The molecule has 2 aromatic rings. The third-order valence-electron chi connectivity index (χ3n) is 4.14. The molecule has 110 valence electrons. The molecular formula is C17H26N2S. The smallest absolute Gasteiger partial charge is 0.0305 e. The van der Waals surface area contributed by atoms with E-state index in [1.807, 2.05) is 11.3 Å². The van der Waals surface area contributed by atoms with Gasteiger partial charge in [0.1, 0.15) is 0 Å². The summed E-state index contributed by atoms with van der Waals surface area (Å²) in [6.45, 7) is 15.3. The summed E-state index contributed by atoms with van der Waals surface area (Å²) in [6, 6.07) is 5.03. The first-order valence-corrected chi connectivity index (χ1v) is 8.21. The van der Waals surface area contributed by atoms with Gasteiger partial charge in [-0.1, -0.05) is 0 Å². The van der Waals surface area contributed by atoms with Crippen molar-refractivity contribution in [1.82, 2.24) is 9.88 Å². The van der Waals surface area contributed by atoms with E-state index >= 15 is 0 Å². The van der Waals surface area contributed by atoms with E-state index in [1.165, 1.54) is 32.3 Å². The van der Waals surface area contributed by atoms with Gasteiger partial charge in [-0.15, -0.1) is 11.3 Å². The predicted molar refractivity (Wildman–Crippen MR) is 88.6 cm³/mol. The summed E-state index contributed by atoms with van der Waals surface area (Å²) in [7, 11) is 0. The Hall–Kier alpha value is -1.06. The Bertz CT molecular complexity index is 592. The Morgan fingerprint density at radius 2 is 1.90 bits per heavy atom. The summed E-state index contributed by atoms with van der Waals surface area (Å²) in [5.41, 5.74) is 5.61. The van der Waals surface area contributed by atoms with Gasteiger partial charge in [0.25, 0.3) is 0 Å². The average Bonchev–Trinajstić information content (AvgIpc) is 2.86. The van der Waals surface area contributed by atoms with Crippen LogP contribution in [0.5, 0.6) is 0 Å². The molecule has 2 rings (SSSR count). The van der Waals surface area contributed by atoms with Crippen LogP contribution in [0.4, 0.5) is 0 Å². The van der Waals surface area contributed by atoms with Crippen LogP contribution in [0.2, 0.25) is 0 Å². The minimum absolute atomic E-state index is 0.407. The number of aryl methyl sites for hydroxylation is 3. The molecule has 0 saturated carbocycles. The molecule has 0 radical (unpaired) electrons. The van der Waals surface area contributed by atoms with Crippen LogP contribution in [0.1, 0.15) is 52.2 Å². The highest BCUT2D eigenvalue weighted by Crippen LogP contribution is 2.26. The monoisotopic (exact) mass is 290 g/mol. The molecule has 1 atom stereocenters. The summed E-state index contributed by atoms with van der Waals surface area (Å²) in [5, 5.41) is 3.67. The van der Waals surface area contributed by atoms with Crippen molar-refractivity contribution in [2.24, 2.45) is 0 Å². The summed E-state index contributed by atoms with van der Waals surface area (Å²) in [4.78, 5) is 2.83. The highest BCUT2D eigenvalue weighted by Gasteiger charge is 2.13. The molecule has 0 aliphatic heterocycles. The van der Waals surface area contributed by atoms with Gasteiger partial charge in [-0.25, -0.2) is 0 Å². The van der Waals surface area contributed by atoms with Crippen LogP contribution in [0.25, 0.3) is 0 Å². The molecule has 0 amide bonds. The Kier molecular flexibility index (Phi) is 4.71. The summed E-state index contributed by atoms with van der Waals surface area (Å²) >= 11 is 1.89. The fraction of sp³-hybridized carbons (Fsp3) is 0.529. The van der Waals surface area contributed by atoms with Gasteiger partial charge in [0, 0.05) is 40.3 Å². The van der Waals surface area contributed by atoms with Crippen molar-refractivity contribution in [3.8, 4) is 0 Å². The molecule has 0 aliphatic carbocycles. The Morgan fingerprint density at radius 1 is 1.20 bits per heavy atom. The van der Waals surface area contributed by atoms with Crippen LogP contribution in [-0.4, -0.2) is 4.57 Å². The molecular weight excluding hydrogens is 264 g/mol. The van der Waals surface area contributed by atoms with Crippen LogP contribution in [0.15, 0.2) is 12.1 Å². The topological polar surface area (TPSA) is 17.0 Å². The molecule has 0 fully saturated rings. The third-order valence-corrected chi connectivity index (χ3v) is 5.12. The fourth-order valence-electron chi connectivity index (χ4n) is 2.99. The second kappa shape index (κ2) is 6.15. The first kappa shape index (κ1) is 15.3.